The van der Waals surface area contributed by atoms with Crippen molar-refractivity contribution in [2.45, 2.75) is 32.9 Å². The molecule has 1 aromatic heterocycles. The summed E-state index contributed by atoms with van der Waals surface area (Å²) in [5.41, 5.74) is 5.81. The van der Waals surface area contributed by atoms with Gasteiger partial charge < -0.3 is 19.8 Å². The Balaban J connectivity index is 3.13. The molecular weight excluding hydrogens is 246 g/mol. The second-order valence-electron chi connectivity index (χ2n) is 5.10. The SMILES string of the molecule is COCCn1cc(C#N)c(N)c1C(=O)OC(C)(C)C. The van der Waals surface area contributed by atoms with Crippen molar-refractivity contribution in [3.05, 3.63) is 17.5 Å². The van der Waals surface area contributed by atoms with Crippen LogP contribution in [0.5, 0.6) is 0 Å². The highest BCUT2D eigenvalue weighted by atomic mass is 16.6. The maximum atomic E-state index is 12.1. The van der Waals surface area contributed by atoms with E-state index in [1.807, 2.05) is 6.07 Å². The van der Waals surface area contributed by atoms with Crippen molar-refractivity contribution < 1.29 is 14.3 Å². The van der Waals surface area contributed by atoms with Gasteiger partial charge >= 0.3 is 5.97 Å². The van der Waals surface area contributed by atoms with Gasteiger partial charge in [0.05, 0.1) is 17.9 Å². The number of aromatic nitrogens is 1. The summed E-state index contributed by atoms with van der Waals surface area (Å²) < 4.78 is 11.8. The van der Waals surface area contributed by atoms with E-state index in [1.165, 1.54) is 6.20 Å². The average molecular weight is 265 g/mol. The van der Waals surface area contributed by atoms with E-state index < -0.39 is 11.6 Å². The fraction of sp³-hybridized carbons (Fsp3) is 0.538. The standard InChI is InChI=1S/C13H19N3O3/c1-13(2,3)19-12(17)11-10(15)9(7-14)8-16(11)5-6-18-4/h8H,5-6,15H2,1-4H3. The Kier molecular flexibility index (Phi) is 4.57. The smallest absolute Gasteiger partial charge is 0.357 e. The van der Waals surface area contributed by atoms with Gasteiger partial charge in [-0.1, -0.05) is 0 Å². The lowest BCUT2D eigenvalue weighted by Crippen LogP contribution is -2.26. The van der Waals surface area contributed by atoms with E-state index in [0.717, 1.165) is 0 Å². The Bertz CT molecular complexity index is 506. The zero-order valence-corrected chi connectivity index (χ0v) is 11.7. The van der Waals surface area contributed by atoms with E-state index in [0.29, 0.717) is 13.2 Å². The van der Waals surface area contributed by atoms with Gasteiger partial charge in [0.15, 0.2) is 5.69 Å². The van der Waals surface area contributed by atoms with Crippen LogP contribution in [0.25, 0.3) is 0 Å². The molecule has 0 amide bonds. The maximum Gasteiger partial charge on any atom is 0.357 e. The molecule has 0 spiro atoms. The second-order valence-corrected chi connectivity index (χ2v) is 5.10. The first-order chi connectivity index (χ1) is 8.80. The Labute approximate surface area is 112 Å². The Morgan fingerprint density at radius 2 is 2.16 bits per heavy atom. The monoisotopic (exact) mass is 265 g/mol. The number of hydrogen-bond acceptors (Lipinski definition) is 5. The quantitative estimate of drug-likeness (QED) is 0.834. The molecule has 1 rings (SSSR count). The molecule has 19 heavy (non-hydrogen) atoms. The molecule has 0 aliphatic carbocycles. The minimum atomic E-state index is -0.618. The number of nitrogens with two attached hydrogens (primary N) is 1. The fourth-order valence-corrected chi connectivity index (χ4v) is 1.58. The van der Waals surface area contributed by atoms with E-state index in [9.17, 15) is 4.79 Å². The van der Waals surface area contributed by atoms with Gasteiger partial charge in [0, 0.05) is 19.9 Å². The van der Waals surface area contributed by atoms with Crippen LogP contribution in [0.2, 0.25) is 0 Å². The predicted octanol–water partition coefficient (Wildman–Crippen LogP) is 1.54. The lowest BCUT2D eigenvalue weighted by molar-refractivity contribution is 0.00578. The van der Waals surface area contributed by atoms with Crippen molar-refractivity contribution in [1.82, 2.24) is 4.57 Å². The van der Waals surface area contributed by atoms with Crippen LogP contribution in [0.4, 0.5) is 5.69 Å². The number of ether oxygens (including phenoxy) is 2. The van der Waals surface area contributed by atoms with Crippen LogP contribution in [0.15, 0.2) is 6.20 Å². The van der Waals surface area contributed by atoms with Gasteiger partial charge in [-0.3, -0.25) is 0 Å². The van der Waals surface area contributed by atoms with Gasteiger partial charge in [0.1, 0.15) is 11.7 Å². The van der Waals surface area contributed by atoms with E-state index in [2.05, 4.69) is 0 Å². The summed E-state index contributed by atoms with van der Waals surface area (Å²) in [7, 11) is 1.56. The molecule has 2 N–H and O–H groups in total. The number of nitrogens with zero attached hydrogens (tertiary/aromatic N) is 2. The molecule has 0 fully saturated rings. The summed E-state index contributed by atoms with van der Waals surface area (Å²) in [6.45, 7) is 6.16. The first kappa shape index (κ1) is 15.1. The van der Waals surface area contributed by atoms with Crippen LogP contribution in [-0.4, -0.2) is 29.9 Å². The number of esters is 1. The van der Waals surface area contributed by atoms with Crippen molar-refractivity contribution in [2.75, 3.05) is 19.5 Å². The van der Waals surface area contributed by atoms with Crippen molar-refractivity contribution in [3.8, 4) is 6.07 Å². The molecule has 6 heteroatoms. The van der Waals surface area contributed by atoms with E-state index in [-0.39, 0.29) is 16.9 Å². The fourth-order valence-electron chi connectivity index (χ4n) is 1.58. The average Bonchev–Trinajstić information content (AvgIpc) is 2.60. The van der Waals surface area contributed by atoms with E-state index in [4.69, 9.17) is 20.5 Å². The second kappa shape index (κ2) is 5.76. The number of carbonyl (C=O) groups is 1. The molecule has 0 bridgehead atoms. The van der Waals surface area contributed by atoms with Crippen molar-refractivity contribution in [2.24, 2.45) is 0 Å². The summed E-state index contributed by atoms with van der Waals surface area (Å²) >= 11 is 0. The zero-order valence-electron chi connectivity index (χ0n) is 11.7. The molecule has 1 heterocycles. The molecule has 1 aromatic rings. The first-order valence-electron chi connectivity index (χ1n) is 5.91. The molecule has 0 saturated carbocycles. The molecule has 6 nitrogen and oxygen atoms in total. The van der Waals surface area contributed by atoms with Crippen LogP contribution in [0.1, 0.15) is 36.8 Å². The van der Waals surface area contributed by atoms with Crippen molar-refractivity contribution >= 4 is 11.7 Å². The first-order valence-corrected chi connectivity index (χ1v) is 5.91. The third-order valence-corrected chi connectivity index (χ3v) is 2.37. The molecule has 0 saturated heterocycles. The number of methoxy groups -OCH3 is 1. The minimum Gasteiger partial charge on any atom is -0.455 e. The number of rotatable bonds is 4. The van der Waals surface area contributed by atoms with Gasteiger partial charge in [-0.15, -0.1) is 0 Å². The minimum absolute atomic E-state index is 0.146. The third-order valence-electron chi connectivity index (χ3n) is 2.37. The van der Waals surface area contributed by atoms with Crippen LogP contribution in [0.3, 0.4) is 0 Å². The topological polar surface area (TPSA) is 90.3 Å². The lowest BCUT2D eigenvalue weighted by atomic mass is 10.2. The molecule has 0 radical (unpaired) electrons. The molecule has 104 valence electrons. The summed E-state index contributed by atoms with van der Waals surface area (Å²) in [5, 5.41) is 8.97. The summed E-state index contributed by atoms with van der Waals surface area (Å²) in [5.74, 6) is -0.539. The zero-order chi connectivity index (χ0) is 14.6. The number of carbonyl (C=O) groups excluding carboxylic acids is 1. The van der Waals surface area contributed by atoms with Crippen LogP contribution in [-0.2, 0) is 16.0 Å². The largest absolute Gasteiger partial charge is 0.455 e. The normalized spacial score (nSPS) is 11.1. The summed E-state index contributed by atoms with van der Waals surface area (Å²) in [4.78, 5) is 12.1. The lowest BCUT2D eigenvalue weighted by Gasteiger charge is -2.20. The third kappa shape index (κ3) is 3.73. The summed E-state index contributed by atoms with van der Waals surface area (Å²) in [6.07, 6.45) is 1.54. The van der Waals surface area contributed by atoms with Crippen LogP contribution in [0, 0.1) is 11.3 Å². The van der Waals surface area contributed by atoms with Crippen LogP contribution < -0.4 is 5.73 Å². The molecule has 0 aliphatic rings. The Morgan fingerprint density at radius 3 is 2.63 bits per heavy atom. The van der Waals surface area contributed by atoms with Gasteiger partial charge in [0.2, 0.25) is 0 Å². The van der Waals surface area contributed by atoms with Gasteiger partial charge in [0.25, 0.3) is 0 Å². The predicted molar refractivity (Wildman–Crippen MR) is 70.6 cm³/mol. The molecule has 0 atom stereocenters. The summed E-state index contributed by atoms with van der Waals surface area (Å²) in [6, 6.07) is 1.96. The Morgan fingerprint density at radius 1 is 1.53 bits per heavy atom. The van der Waals surface area contributed by atoms with Gasteiger partial charge in [-0.05, 0) is 20.8 Å². The highest BCUT2D eigenvalue weighted by Gasteiger charge is 2.25. The van der Waals surface area contributed by atoms with Crippen molar-refractivity contribution in [1.29, 1.82) is 5.26 Å². The maximum absolute atomic E-state index is 12.1. The van der Waals surface area contributed by atoms with Crippen LogP contribution >= 0.6 is 0 Å². The van der Waals surface area contributed by atoms with Gasteiger partial charge in [-0.2, -0.15) is 5.26 Å². The molecular formula is C13H19N3O3. The highest BCUT2D eigenvalue weighted by Crippen LogP contribution is 2.22. The molecule has 0 aliphatic heterocycles. The van der Waals surface area contributed by atoms with E-state index >= 15 is 0 Å². The van der Waals surface area contributed by atoms with Gasteiger partial charge in [-0.25, -0.2) is 4.79 Å². The molecule has 0 unspecified atom stereocenters. The number of hydrogen-bond donors (Lipinski definition) is 1. The van der Waals surface area contributed by atoms with Crippen molar-refractivity contribution in [3.63, 3.8) is 0 Å². The number of nitriles is 1. The number of anilines is 1. The highest BCUT2D eigenvalue weighted by molar-refractivity contribution is 5.95. The Hall–Kier alpha value is -2.00. The van der Waals surface area contributed by atoms with E-state index in [1.54, 1.807) is 32.4 Å². The number of nitrogen functional groups attached to an aromatic ring is 1. The molecule has 0 aromatic carbocycles.